The van der Waals surface area contributed by atoms with Gasteiger partial charge in [-0.2, -0.15) is 0 Å². The zero-order valence-corrected chi connectivity index (χ0v) is 23.8. The van der Waals surface area contributed by atoms with Crippen molar-refractivity contribution in [2.24, 2.45) is 0 Å². The van der Waals surface area contributed by atoms with Crippen molar-refractivity contribution < 1.29 is 19.1 Å². The topological polar surface area (TPSA) is 102 Å². The first-order chi connectivity index (χ1) is 19.9. The third kappa shape index (κ3) is 6.60. The molecule has 9 nitrogen and oxygen atoms in total. The summed E-state index contributed by atoms with van der Waals surface area (Å²) in [5.74, 6) is 2.51. The van der Waals surface area contributed by atoms with Crippen molar-refractivity contribution in [2.75, 3.05) is 20.3 Å². The number of hydrogen-bond donors (Lipinski definition) is 0. The van der Waals surface area contributed by atoms with Crippen molar-refractivity contribution >= 4 is 22.5 Å². The number of aromatic nitrogens is 3. The molecule has 1 aromatic heterocycles. The average Bonchev–Trinajstić information content (AvgIpc) is 3.35. The van der Waals surface area contributed by atoms with Gasteiger partial charge in [-0.05, 0) is 78.2 Å². The molecule has 41 heavy (non-hydrogen) atoms. The zero-order valence-electron chi connectivity index (χ0n) is 23.0. The van der Waals surface area contributed by atoms with Crippen molar-refractivity contribution in [3.05, 3.63) is 112 Å². The molecule has 0 aliphatic carbocycles. The predicted molar refractivity (Wildman–Crippen MR) is 159 cm³/mol. The minimum absolute atomic E-state index is 0.304. The van der Waals surface area contributed by atoms with Gasteiger partial charge >= 0.3 is 0 Å². The molecule has 1 atom stereocenters. The van der Waals surface area contributed by atoms with Crippen LogP contribution in [0, 0.1) is 17.0 Å². The molecule has 0 spiro atoms. The Morgan fingerprint density at radius 1 is 0.927 bits per heavy atom. The molecule has 0 unspecified atom stereocenters. The molecule has 0 aliphatic heterocycles. The van der Waals surface area contributed by atoms with E-state index in [2.05, 4.69) is 34.5 Å². The van der Waals surface area contributed by atoms with Gasteiger partial charge < -0.3 is 14.2 Å². The number of thioether (sulfide) groups is 1. The quantitative estimate of drug-likeness (QED) is 0.0914. The van der Waals surface area contributed by atoms with E-state index in [9.17, 15) is 10.1 Å². The highest BCUT2D eigenvalue weighted by molar-refractivity contribution is 7.99. The van der Waals surface area contributed by atoms with E-state index in [1.807, 2.05) is 79.1 Å². The highest BCUT2D eigenvalue weighted by Gasteiger charge is 2.25. The van der Waals surface area contributed by atoms with Gasteiger partial charge in [0.15, 0.2) is 16.7 Å². The molecule has 0 bridgehead atoms. The maximum atomic E-state index is 11.7. The van der Waals surface area contributed by atoms with Crippen molar-refractivity contribution in [2.45, 2.75) is 30.9 Å². The molecule has 1 heterocycles. The maximum absolute atomic E-state index is 11.7. The fourth-order valence-electron chi connectivity index (χ4n) is 4.52. The smallest absolute Gasteiger partial charge is 0.220 e. The highest BCUT2D eigenvalue weighted by atomic mass is 32.2. The summed E-state index contributed by atoms with van der Waals surface area (Å²) >= 11 is 1.29. The molecule has 4 aromatic carbocycles. The first-order valence-corrected chi connectivity index (χ1v) is 14.0. The van der Waals surface area contributed by atoms with Crippen LogP contribution in [-0.4, -0.2) is 39.9 Å². The molecule has 0 saturated heterocycles. The Bertz CT molecular complexity index is 1650. The van der Waals surface area contributed by atoms with Crippen LogP contribution in [0.25, 0.3) is 16.5 Å². The third-order valence-electron chi connectivity index (χ3n) is 6.54. The van der Waals surface area contributed by atoms with Gasteiger partial charge in [0.1, 0.15) is 23.4 Å². The van der Waals surface area contributed by atoms with E-state index in [1.165, 1.54) is 17.1 Å². The van der Waals surface area contributed by atoms with Crippen LogP contribution in [0.3, 0.4) is 0 Å². The summed E-state index contributed by atoms with van der Waals surface area (Å²) in [7, 11) is 1.61. The van der Waals surface area contributed by atoms with Gasteiger partial charge in [-0.3, -0.25) is 14.7 Å². The second-order valence-corrected chi connectivity index (χ2v) is 10.5. The fraction of sp³-hybridized carbons (Fsp3) is 0.226. The Balaban J connectivity index is 1.40. The van der Waals surface area contributed by atoms with Crippen molar-refractivity contribution in [1.29, 1.82) is 0 Å². The summed E-state index contributed by atoms with van der Waals surface area (Å²) in [6.45, 7) is 4.22. The summed E-state index contributed by atoms with van der Waals surface area (Å²) in [6.07, 6.45) is 0. The number of ether oxygens (including phenoxy) is 3. The van der Waals surface area contributed by atoms with E-state index in [4.69, 9.17) is 14.2 Å². The molecule has 5 rings (SSSR count). The van der Waals surface area contributed by atoms with E-state index in [0.717, 1.165) is 28.0 Å². The normalized spacial score (nSPS) is 11.8. The first kappa shape index (κ1) is 28.0. The second kappa shape index (κ2) is 12.7. The fourth-order valence-corrected chi connectivity index (χ4v) is 5.69. The Labute approximate surface area is 242 Å². The number of nitrogens with zero attached hydrogens (tertiary/aromatic N) is 4. The molecule has 0 aliphatic rings. The minimum Gasteiger partial charge on any atom is -0.497 e. The van der Waals surface area contributed by atoms with Gasteiger partial charge in [-0.15, -0.1) is 10.2 Å². The molecule has 10 heteroatoms. The predicted octanol–water partition coefficient (Wildman–Crippen LogP) is 6.83. The zero-order chi connectivity index (χ0) is 28.8. The molecule has 0 saturated carbocycles. The van der Waals surface area contributed by atoms with Crippen molar-refractivity contribution in [3.8, 4) is 22.9 Å². The van der Waals surface area contributed by atoms with Gasteiger partial charge in [0.2, 0.25) is 6.54 Å². The van der Waals surface area contributed by atoms with E-state index in [1.54, 1.807) is 7.11 Å². The molecular formula is C31H30N4O5S. The number of fused-ring (bicyclic) bond motifs is 1. The number of hydrogen-bond acceptors (Lipinski definition) is 8. The van der Waals surface area contributed by atoms with Gasteiger partial charge in [0.05, 0.1) is 13.7 Å². The lowest BCUT2D eigenvalue weighted by molar-refractivity contribution is -0.479. The minimum atomic E-state index is -0.542. The standard InChI is InChI=1S/C31H30N4O5S/c1-4-39-29-18-25(11-16-28(29)40-20-22-9-10-23-7-5-6-8-24(23)17-22)30(19-34(36)37)41-31-33-32-21(2)35(31)26-12-14-27(38-3)15-13-26/h5-18,30H,4,19-20H2,1-3H3/t30-/m0/s1. The molecule has 0 radical (unpaired) electrons. The van der Waals surface area contributed by atoms with Crippen LogP contribution in [0.1, 0.15) is 29.1 Å². The van der Waals surface area contributed by atoms with Crippen LogP contribution in [0.2, 0.25) is 0 Å². The summed E-state index contributed by atoms with van der Waals surface area (Å²) < 4.78 is 19.2. The molecule has 0 N–H and O–H groups in total. The summed E-state index contributed by atoms with van der Waals surface area (Å²) in [4.78, 5) is 11.4. The molecule has 0 fully saturated rings. The molecular weight excluding hydrogens is 540 g/mol. The van der Waals surface area contributed by atoms with Crippen LogP contribution in [0.4, 0.5) is 0 Å². The molecule has 210 valence electrons. The largest absolute Gasteiger partial charge is 0.497 e. The lowest BCUT2D eigenvalue weighted by atomic mass is 10.1. The highest BCUT2D eigenvalue weighted by Crippen LogP contribution is 2.40. The van der Waals surface area contributed by atoms with Crippen LogP contribution < -0.4 is 14.2 Å². The van der Waals surface area contributed by atoms with E-state index >= 15 is 0 Å². The number of methoxy groups -OCH3 is 1. The Kier molecular flexibility index (Phi) is 8.69. The monoisotopic (exact) mass is 570 g/mol. The average molecular weight is 571 g/mol. The van der Waals surface area contributed by atoms with Crippen LogP contribution in [-0.2, 0) is 6.61 Å². The third-order valence-corrected chi connectivity index (χ3v) is 7.72. The Morgan fingerprint density at radius 2 is 1.71 bits per heavy atom. The summed E-state index contributed by atoms with van der Waals surface area (Å²) in [6, 6.07) is 27.4. The number of rotatable bonds is 12. The van der Waals surface area contributed by atoms with E-state index in [0.29, 0.717) is 35.7 Å². The van der Waals surface area contributed by atoms with Crippen molar-refractivity contribution in [3.63, 3.8) is 0 Å². The number of benzene rings is 4. The number of aryl methyl sites for hydroxylation is 1. The van der Waals surface area contributed by atoms with Gasteiger partial charge in [0.25, 0.3) is 0 Å². The van der Waals surface area contributed by atoms with Crippen LogP contribution in [0.15, 0.2) is 90.1 Å². The second-order valence-electron chi connectivity index (χ2n) is 9.29. The van der Waals surface area contributed by atoms with Gasteiger partial charge in [-0.1, -0.05) is 54.2 Å². The van der Waals surface area contributed by atoms with E-state index < -0.39 is 5.25 Å². The molecule has 0 amide bonds. The lowest BCUT2D eigenvalue weighted by Gasteiger charge is -2.17. The van der Waals surface area contributed by atoms with Crippen molar-refractivity contribution in [1.82, 2.24) is 14.8 Å². The SMILES string of the molecule is CCOc1cc([C@H](C[N+](=O)[O-])Sc2nnc(C)n2-c2ccc(OC)cc2)ccc1OCc1ccc2ccccc2c1. The van der Waals surface area contributed by atoms with Gasteiger partial charge in [0, 0.05) is 10.6 Å². The van der Waals surface area contributed by atoms with E-state index in [-0.39, 0.29) is 11.5 Å². The number of nitro groups is 1. The Morgan fingerprint density at radius 3 is 2.44 bits per heavy atom. The maximum Gasteiger partial charge on any atom is 0.220 e. The van der Waals surface area contributed by atoms with Crippen LogP contribution >= 0.6 is 11.8 Å². The first-order valence-electron chi connectivity index (χ1n) is 13.2. The Hall–Kier alpha value is -4.57. The van der Waals surface area contributed by atoms with Crippen LogP contribution in [0.5, 0.6) is 17.2 Å². The summed E-state index contributed by atoms with van der Waals surface area (Å²) in [5, 5.41) is 22.6. The summed E-state index contributed by atoms with van der Waals surface area (Å²) in [5.41, 5.74) is 2.60. The molecule has 5 aromatic rings. The van der Waals surface area contributed by atoms with Gasteiger partial charge in [-0.25, -0.2) is 0 Å². The lowest BCUT2D eigenvalue weighted by Crippen LogP contribution is -2.11.